The van der Waals surface area contributed by atoms with E-state index in [0.717, 1.165) is 39.0 Å². The van der Waals surface area contributed by atoms with E-state index in [-0.39, 0.29) is 11.7 Å². The second kappa shape index (κ2) is 7.50. The van der Waals surface area contributed by atoms with E-state index in [9.17, 15) is 9.18 Å². The third kappa shape index (κ3) is 3.59. The van der Waals surface area contributed by atoms with Crippen LogP contribution in [0.25, 0.3) is 0 Å². The normalized spacial score (nSPS) is 22.3. The van der Waals surface area contributed by atoms with Gasteiger partial charge >= 0.3 is 0 Å². The van der Waals surface area contributed by atoms with E-state index in [0.29, 0.717) is 29.1 Å². The molecular weight excluding hydrogens is 347 g/mol. The number of pyridine rings is 2. The molecule has 2 aliphatic rings. The van der Waals surface area contributed by atoms with Crippen LogP contribution in [-0.2, 0) is 0 Å². The number of rotatable bonds is 3. The molecule has 0 aliphatic carbocycles. The first kappa shape index (κ1) is 17.7. The van der Waals surface area contributed by atoms with Crippen LogP contribution in [0.5, 0.6) is 5.88 Å². The molecule has 2 atom stereocenters. The highest BCUT2D eigenvalue weighted by Crippen LogP contribution is 2.34. The molecule has 2 aromatic heterocycles. The van der Waals surface area contributed by atoms with Crippen molar-refractivity contribution < 1.29 is 13.9 Å². The molecule has 0 aromatic carbocycles. The summed E-state index contributed by atoms with van der Waals surface area (Å²) in [6.07, 6.45) is 5.07. The van der Waals surface area contributed by atoms with Crippen molar-refractivity contribution in [2.45, 2.75) is 12.8 Å². The first-order chi connectivity index (χ1) is 13.2. The smallest absolute Gasteiger partial charge is 0.255 e. The Bertz CT molecular complexity index is 798. The average Bonchev–Trinajstić information content (AvgIpc) is 3.01. The molecule has 0 unspecified atom stereocenters. The van der Waals surface area contributed by atoms with Gasteiger partial charge in [-0.25, -0.2) is 14.4 Å². The molecule has 4 rings (SSSR count). The van der Waals surface area contributed by atoms with Crippen molar-refractivity contribution in [2.75, 3.05) is 38.2 Å². The van der Waals surface area contributed by atoms with Crippen LogP contribution < -0.4 is 9.64 Å². The number of hydrogen-bond donors (Lipinski definition) is 0. The molecule has 1 amide bonds. The summed E-state index contributed by atoms with van der Waals surface area (Å²) < 4.78 is 19.1. The highest BCUT2D eigenvalue weighted by Gasteiger charge is 2.37. The first-order valence-electron chi connectivity index (χ1n) is 9.30. The summed E-state index contributed by atoms with van der Waals surface area (Å²) in [5.41, 5.74) is 0.587. The van der Waals surface area contributed by atoms with E-state index in [1.54, 1.807) is 37.7 Å². The zero-order valence-electron chi connectivity index (χ0n) is 15.3. The fourth-order valence-corrected chi connectivity index (χ4v) is 4.15. The summed E-state index contributed by atoms with van der Waals surface area (Å²) in [6, 6.07) is 6.54. The highest BCUT2D eigenvalue weighted by atomic mass is 19.1. The lowest BCUT2D eigenvalue weighted by atomic mass is 9.92. The number of anilines is 1. The van der Waals surface area contributed by atoms with Crippen molar-refractivity contribution in [3.05, 3.63) is 48.0 Å². The molecule has 0 N–H and O–H groups in total. The summed E-state index contributed by atoms with van der Waals surface area (Å²) >= 11 is 0. The molecule has 2 aliphatic heterocycles. The van der Waals surface area contributed by atoms with Crippen LogP contribution in [-0.4, -0.2) is 54.1 Å². The number of fused-ring (bicyclic) bond motifs is 1. The Labute approximate surface area is 158 Å². The summed E-state index contributed by atoms with van der Waals surface area (Å²) in [4.78, 5) is 25.1. The van der Waals surface area contributed by atoms with Crippen molar-refractivity contribution in [3.8, 4) is 5.88 Å². The fourth-order valence-electron chi connectivity index (χ4n) is 4.15. The maximum Gasteiger partial charge on any atom is 0.255 e. The highest BCUT2D eigenvalue weighted by molar-refractivity contribution is 5.94. The van der Waals surface area contributed by atoms with Gasteiger partial charge in [0.05, 0.1) is 12.7 Å². The lowest BCUT2D eigenvalue weighted by Gasteiger charge is -2.23. The van der Waals surface area contributed by atoms with Crippen LogP contribution >= 0.6 is 0 Å². The minimum atomic E-state index is -0.270. The minimum absolute atomic E-state index is 0.0193. The number of carbonyl (C=O) groups is 1. The maximum atomic E-state index is 14.0. The summed E-state index contributed by atoms with van der Waals surface area (Å²) in [5.74, 6) is 1.57. The Hall–Kier alpha value is -2.70. The van der Waals surface area contributed by atoms with E-state index in [1.807, 2.05) is 9.80 Å². The van der Waals surface area contributed by atoms with Crippen molar-refractivity contribution in [1.82, 2.24) is 14.9 Å². The second-order valence-corrected chi connectivity index (χ2v) is 7.19. The largest absolute Gasteiger partial charge is 0.481 e. The van der Waals surface area contributed by atoms with Crippen molar-refractivity contribution in [1.29, 1.82) is 0 Å². The topological polar surface area (TPSA) is 58.6 Å². The molecule has 2 saturated heterocycles. The number of likely N-dealkylation sites (tertiary alicyclic amines) is 1. The zero-order valence-corrected chi connectivity index (χ0v) is 15.3. The number of amides is 1. The van der Waals surface area contributed by atoms with E-state index in [1.165, 1.54) is 6.07 Å². The molecule has 2 fully saturated rings. The van der Waals surface area contributed by atoms with Gasteiger partial charge in [0.1, 0.15) is 0 Å². The molecule has 4 heterocycles. The van der Waals surface area contributed by atoms with Gasteiger partial charge in [-0.1, -0.05) is 0 Å². The van der Waals surface area contributed by atoms with E-state index in [2.05, 4.69) is 9.97 Å². The van der Waals surface area contributed by atoms with Crippen LogP contribution in [0.4, 0.5) is 10.2 Å². The Morgan fingerprint density at radius 2 is 1.89 bits per heavy atom. The summed E-state index contributed by atoms with van der Waals surface area (Å²) in [6.45, 7) is 3.02. The fraction of sp³-hybridized carbons (Fsp3) is 0.450. The molecule has 0 radical (unpaired) electrons. The second-order valence-electron chi connectivity index (χ2n) is 7.19. The Balaban J connectivity index is 1.40. The van der Waals surface area contributed by atoms with E-state index < -0.39 is 0 Å². The lowest BCUT2D eigenvalue weighted by Crippen LogP contribution is -2.31. The molecule has 7 heteroatoms. The van der Waals surface area contributed by atoms with Gasteiger partial charge in [0.2, 0.25) is 5.88 Å². The van der Waals surface area contributed by atoms with Gasteiger partial charge in [0.25, 0.3) is 5.91 Å². The van der Waals surface area contributed by atoms with Crippen LogP contribution in [0.1, 0.15) is 23.2 Å². The lowest BCUT2D eigenvalue weighted by molar-refractivity contribution is 0.0782. The number of nitrogens with zero attached hydrogens (tertiary/aromatic N) is 4. The molecule has 0 bridgehead atoms. The van der Waals surface area contributed by atoms with Crippen molar-refractivity contribution >= 4 is 11.7 Å². The summed E-state index contributed by atoms with van der Waals surface area (Å²) in [5, 5.41) is 0. The van der Waals surface area contributed by atoms with Gasteiger partial charge in [-0.15, -0.1) is 0 Å². The van der Waals surface area contributed by atoms with Crippen LogP contribution in [0.15, 0.2) is 36.7 Å². The maximum absolute atomic E-state index is 14.0. The molecule has 6 nitrogen and oxygen atoms in total. The number of methoxy groups -OCH3 is 1. The summed E-state index contributed by atoms with van der Waals surface area (Å²) in [7, 11) is 1.55. The van der Waals surface area contributed by atoms with Gasteiger partial charge in [-0.3, -0.25) is 4.79 Å². The average molecular weight is 370 g/mol. The first-order valence-corrected chi connectivity index (χ1v) is 9.30. The standard InChI is InChI=1S/C20H23FN4O2/c1-27-18-5-4-14(11-23-18)20(26)25-12-15-6-9-24(10-7-16(15)13-25)19-17(21)3-2-8-22-19/h2-5,8,11,15-16H,6-7,9-10,12-13H2,1H3/t15-,16+. The van der Waals surface area contributed by atoms with Gasteiger partial charge in [0.15, 0.2) is 11.6 Å². The number of carbonyl (C=O) groups excluding carboxylic acids is 1. The van der Waals surface area contributed by atoms with Crippen molar-refractivity contribution in [3.63, 3.8) is 0 Å². The van der Waals surface area contributed by atoms with Gasteiger partial charge in [0, 0.05) is 44.6 Å². The van der Waals surface area contributed by atoms with Crippen LogP contribution in [0.3, 0.4) is 0 Å². The number of hydrogen-bond acceptors (Lipinski definition) is 5. The van der Waals surface area contributed by atoms with Crippen LogP contribution in [0, 0.1) is 17.7 Å². The minimum Gasteiger partial charge on any atom is -0.481 e. The zero-order chi connectivity index (χ0) is 18.8. The molecule has 0 spiro atoms. The Kier molecular flexibility index (Phi) is 4.92. The Morgan fingerprint density at radius 3 is 2.48 bits per heavy atom. The predicted molar refractivity (Wildman–Crippen MR) is 99.3 cm³/mol. The molecule has 2 aromatic rings. The van der Waals surface area contributed by atoms with Crippen molar-refractivity contribution in [2.24, 2.45) is 11.8 Å². The molecule has 142 valence electrons. The quantitative estimate of drug-likeness (QED) is 0.831. The van der Waals surface area contributed by atoms with Crippen LogP contribution in [0.2, 0.25) is 0 Å². The third-order valence-corrected chi connectivity index (χ3v) is 5.63. The number of halogens is 1. The number of ether oxygens (including phenoxy) is 1. The monoisotopic (exact) mass is 370 g/mol. The molecule has 0 saturated carbocycles. The van der Waals surface area contributed by atoms with Gasteiger partial charge in [-0.05, 0) is 42.9 Å². The molecule has 27 heavy (non-hydrogen) atoms. The van der Waals surface area contributed by atoms with Gasteiger partial charge in [-0.2, -0.15) is 0 Å². The SMILES string of the molecule is COc1ccc(C(=O)N2C[C@H]3CCN(c4ncccc4F)CC[C@H]3C2)cn1. The molecular formula is C20H23FN4O2. The third-order valence-electron chi connectivity index (χ3n) is 5.63. The van der Waals surface area contributed by atoms with E-state index >= 15 is 0 Å². The van der Waals surface area contributed by atoms with Gasteiger partial charge < -0.3 is 14.5 Å². The Morgan fingerprint density at radius 1 is 1.15 bits per heavy atom. The predicted octanol–water partition coefficient (Wildman–Crippen LogP) is 2.61. The number of aromatic nitrogens is 2. The van der Waals surface area contributed by atoms with E-state index in [4.69, 9.17) is 4.74 Å².